The molecule has 242 valence electrons. The number of amidine groups is 1. The SMILES string of the molecule is CCCCC(=O)N/C(=N/C=N)c1ccc([C@]2(C#N)O[C@H](COC(=O)[C@@H](NC(=O)OC(C)(C)C)C(C)C)[C@H]3OC(C)(C)O[C@H]32)[nH]1. The van der Waals surface area contributed by atoms with Crippen molar-refractivity contribution in [2.75, 3.05) is 6.61 Å². The minimum Gasteiger partial charge on any atom is -0.461 e. The third kappa shape index (κ3) is 8.22. The molecule has 2 aliphatic rings. The number of aromatic nitrogens is 1. The first-order valence-electron chi connectivity index (χ1n) is 14.7. The smallest absolute Gasteiger partial charge is 0.408 e. The van der Waals surface area contributed by atoms with Gasteiger partial charge in [-0.25, -0.2) is 14.6 Å². The molecule has 44 heavy (non-hydrogen) atoms. The van der Waals surface area contributed by atoms with Crippen LogP contribution < -0.4 is 10.6 Å². The van der Waals surface area contributed by atoms with Crippen LogP contribution >= 0.6 is 0 Å². The maximum atomic E-state index is 13.1. The molecule has 2 amide bonds. The molecule has 0 unspecified atom stereocenters. The van der Waals surface area contributed by atoms with Crippen molar-refractivity contribution in [3.05, 3.63) is 23.5 Å². The molecule has 3 heterocycles. The van der Waals surface area contributed by atoms with Gasteiger partial charge in [0, 0.05) is 6.42 Å². The van der Waals surface area contributed by atoms with E-state index in [4.69, 9.17) is 29.1 Å². The minimum absolute atomic E-state index is 0.113. The molecule has 3 rings (SSSR count). The maximum absolute atomic E-state index is 13.1. The quantitative estimate of drug-likeness (QED) is 0.163. The Bertz CT molecular complexity index is 1290. The highest BCUT2D eigenvalue weighted by Gasteiger charge is 2.65. The zero-order valence-corrected chi connectivity index (χ0v) is 26.6. The average Bonchev–Trinajstić information content (AvgIpc) is 3.61. The van der Waals surface area contributed by atoms with Crippen LogP contribution in [0.3, 0.4) is 0 Å². The second-order valence-corrected chi connectivity index (χ2v) is 12.6. The van der Waals surface area contributed by atoms with Crippen LogP contribution in [-0.4, -0.2) is 77.5 Å². The molecule has 14 heteroatoms. The van der Waals surface area contributed by atoms with Gasteiger partial charge in [0.1, 0.15) is 49.0 Å². The Kier molecular flexibility index (Phi) is 10.9. The number of fused-ring (bicyclic) bond motifs is 1. The van der Waals surface area contributed by atoms with Crippen LogP contribution in [0, 0.1) is 22.7 Å². The van der Waals surface area contributed by atoms with Gasteiger partial charge in [-0.05, 0) is 59.1 Å². The normalized spacial score (nSPS) is 25.1. The summed E-state index contributed by atoms with van der Waals surface area (Å²) in [6, 6.07) is 4.44. The van der Waals surface area contributed by atoms with Crippen LogP contribution in [-0.2, 0) is 38.9 Å². The number of hydrogen-bond donors (Lipinski definition) is 4. The lowest BCUT2D eigenvalue weighted by molar-refractivity contribution is -0.207. The summed E-state index contributed by atoms with van der Waals surface area (Å²) in [7, 11) is 0. The van der Waals surface area contributed by atoms with Crippen molar-refractivity contribution in [2.45, 2.75) is 116 Å². The summed E-state index contributed by atoms with van der Waals surface area (Å²) in [6.07, 6.45) is -0.724. The summed E-state index contributed by atoms with van der Waals surface area (Å²) in [5.41, 5.74) is -1.81. The van der Waals surface area contributed by atoms with Crippen molar-refractivity contribution in [2.24, 2.45) is 10.9 Å². The van der Waals surface area contributed by atoms with Gasteiger partial charge in [-0.1, -0.05) is 27.2 Å². The highest BCUT2D eigenvalue weighted by molar-refractivity contribution is 6.09. The number of rotatable bonds is 11. The van der Waals surface area contributed by atoms with Crippen LogP contribution in [0.5, 0.6) is 0 Å². The number of hydrogen-bond acceptors (Lipinski definition) is 10. The summed E-state index contributed by atoms with van der Waals surface area (Å²) >= 11 is 0. The minimum atomic E-state index is -1.71. The van der Waals surface area contributed by atoms with E-state index >= 15 is 0 Å². The van der Waals surface area contributed by atoms with Crippen molar-refractivity contribution in [1.29, 1.82) is 10.7 Å². The molecule has 4 N–H and O–H groups in total. The number of aromatic amines is 1. The van der Waals surface area contributed by atoms with Crippen molar-refractivity contribution in [3.63, 3.8) is 0 Å². The number of H-pyrrole nitrogens is 1. The molecule has 5 atom stereocenters. The predicted octanol–water partition coefficient (Wildman–Crippen LogP) is 3.41. The number of carbonyl (C=O) groups excluding carboxylic acids is 3. The molecular formula is C30H44N6O8. The number of aliphatic imine (C=N–C) groups is 1. The highest BCUT2D eigenvalue weighted by atomic mass is 16.8. The van der Waals surface area contributed by atoms with Crippen LogP contribution in [0.1, 0.15) is 86.0 Å². The number of unbranched alkanes of at least 4 members (excludes halogenated alkanes) is 1. The second-order valence-electron chi connectivity index (χ2n) is 12.6. The molecule has 0 saturated carbocycles. The van der Waals surface area contributed by atoms with Gasteiger partial charge in [0.25, 0.3) is 0 Å². The van der Waals surface area contributed by atoms with E-state index in [9.17, 15) is 19.6 Å². The van der Waals surface area contributed by atoms with Crippen LogP contribution in [0.25, 0.3) is 0 Å². The Labute approximate surface area is 257 Å². The van der Waals surface area contributed by atoms with E-state index in [-0.39, 0.29) is 24.3 Å². The van der Waals surface area contributed by atoms with Gasteiger partial charge >= 0.3 is 12.1 Å². The van der Waals surface area contributed by atoms with E-state index in [1.807, 2.05) is 6.92 Å². The van der Waals surface area contributed by atoms with E-state index < -0.39 is 53.4 Å². The lowest BCUT2D eigenvalue weighted by atomic mass is 9.92. The van der Waals surface area contributed by atoms with Crippen LogP contribution in [0.15, 0.2) is 17.1 Å². The van der Waals surface area contributed by atoms with Gasteiger partial charge < -0.3 is 39.3 Å². The standard InChI is InChI=1S/C30H44N6O8/c1-9-10-11-21(37)35-25(33-16-32)18-12-13-20(34-18)30(15-31)24-23(42-29(7,8)43-24)19(41-30)14-40-26(38)22(17(2)3)36-27(39)44-28(4,5)6/h12-13,16-17,19,22-24,34H,9-11,14H2,1-8H3,(H,36,39)(H2,32,33,35,37)/t19-,22+,23-,24-,30+/m1/s1. The lowest BCUT2D eigenvalue weighted by Gasteiger charge is -2.29. The van der Waals surface area contributed by atoms with E-state index in [0.717, 1.165) is 12.8 Å². The van der Waals surface area contributed by atoms with Gasteiger partial charge in [0.2, 0.25) is 11.5 Å². The molecule has 14 nitrogen and oxygen atoms in total. The molecule has 1 aromatic rings. The molecule has 0 radical (unpaired) electrons. The Morgan fingerprint density at radius 3 is 2.52 bits per heavy atom. The summed E-state index contributed by atoms with van der Waals surface area (Å²) in [5.74, 6) is -2.23. The van der Waals surface area contributed by atoms with E-state index in [1.165, 1.54) is 0 Å². The number of nitrogens with one attached hydrogen (secondary N) is 4. The second kappa shape index (κ2) is 13.9. The third-order valence-electron chi connectivity index (χ3n) is 6.93. The summed E-state index contributed by atoms with van der Waals surface area (Å²) < 4.78 is 29.4. The first kappa shape index (κ1) is 34.7. The number of esters is 1. The van der Waals surface area contributed by atoms with E-state index in [2.05, 4.69) is 26.7 Å². The number of nitriles is 1. The average molecular weight is 617 g/mol. The van der Waals surface area contributed by atoms with E-state index in [0.29, 0.717) is 24.2 Å². The zero-order valence-electron chi connectivity index (χ0n) is 26.6. The van der Waals surface area contributed by atoms with Crippen molar-refractivity contribution in [3.8, 4) is 6.07 Å². The summed E-state index contributed by atoms with van der Waals surface area (Å²) in [5, 5.41) is 23.2. The van der Waals surface area contributed by atoms with Crippen molar-refractivity contribution < 1.29 is 38.1 Å². The van der Waals surface area contributed by atoms with Gasteiger partial charge in [0.15, 0.2) is 11.6 Å². The molecule has 1 aromatic heterocycles. The first-order chi connectivity index (χ1) is 20.6. The zero-order chi connectivity index (χ0) is 32.9. The summed E-state index contributed by atoms with van der Waals surface area (Å²) in [6.45, 7) is 13.8. The molecule has 2 aliphatic heterocycles. The number of alkyl carbamates (subject to hydrolysis) is 1. The first-order valence-corrected chi connectivity index (χ1v) is 14.7. The predicted molar refractivity (Wildman–Crippen MR) is 159 cm³/mol. The number of ether oxygens (including phenoxy) is 5. The molecule has 0 bridgehead atoms. The number of nitrogens with zero attached hydrogens (tertiary/aromatic N) is 2. The van der Waals surface area contributed by atoms with Gasteiger partial charge in [-0.15, -0.1) is 0 Å². The molecule has 2 saturated heterocycles. The Hall–Kier alpha value is -3.80. The van der Waals surface area contributed by atoms with Gasteiger partial charge in [0.05, 0.1) is 11.4 Å². The van der Waals surface area contributed by atoms with Gasteiger partial charge in [-0.2, -0.15) is 5.26 Å². The van der Waals surface area contributed by atoms with E-state index in [1.54, 1.807) is 60.6 Å². The van der Waals surface area contributed by atoms with Crippen LogP contribution in [0.2, 0.25) is 0 Å². The molecule has 0 aliphatic carbocycles. The van der Waals surface area contributed by atoms with Crippen molar-refractivity contribution >= 4 is 30.1 Å². The molecule has 2 fully saturated rings. The molecule has 0 spiro atoms. The Morgan fingerprint density at radius 2 is 1.93 bits per heavy atom. The molecule has 0 aromatic carbocycles. The van der Waals surface area contributed by atoms with Crippen LogP contribution in [0.4, 0.5) is 4.79 Å². The van der Waals surface area contributed by atoms with Crippen molar-refractivity contribution in [1.82, 2.24) is 15.6 Å². The monoisotopic (exact) mass is 616 g/mol. The fraction of sp³-hybridized carbons (Fsp3) is 0.667. The fourth-order valence-electron chi connectivity index (χ4n) is 4.95. The Morgan fingerprint density at radius 1 is 1.23 bits per heavy atom. The van der Waals surface area contributed by atoms with Gasteiger partial charge in [-0.3, -0.25) is 10.2 Å². The summed E-state index contributed by atoms with van der Waals surface area (Å²) in [4.78, 5) is 44.9. The number of amides is 2. The maximum Gasteiger partial charge on any atom is 0.408 e. The topological polar surface area (TPSA) is 197 Å². The fourth-order valence-corrected chi connectivity index (χ4v) is 4.95. The molecular weight excluding hydrogens is 572 g/mol. The highest BCUT2D eigenvalue weighted by Crippen LogP contribution is 2.48. The number of carbonyl (C=O) groups is 3. The third-order valence-corrected chi connectivity index (χ3v) is 6.93. The largest absolute Gasteiger partial charge is 0.461 e. The Balaban J connectivity index is 1.83. The lowest BCUT2D eigenvalue weighted by Crippen LogP contribution is -2.48.